The fourth-order valence-corrected chi connectivity index (χ4v) is 4.72. The number of carbonyl (C=O) groups excluding carboxylic acids is 1. The maximum absolute atomic E-state index is 13.0. The lowest BCUT2D eigenvalue weighted by atomic mass is 9.58. The van der Waals surface area contributed by atoms with E-state index >= 15 is 0 Å². The highest BCUT2D eigenvalue weighted by molar-refractivity contribution is 6.42. The van der Waals surface area contributed by atoms with Gasteiger partial charge in [0.05, 0.1) is 16.1 Å². The molecule has 0 aromatic heterocycles. The summed E-state index contributed by atoms with van der Waals surface area (Å²) in [6, 6.07) is 5.94. The third kappa shape index (κ3) is 3.25. The number of halogens is 2. The van der Waals surface area contributed by atoms with Crippen LogP contribution in [0.4, 0.5) is 0 Å². The maximum atomic E-state index is 13.0. The maximum Gasteiger partial charge on any atom is 0.150 e. The van der Waals surface area contributed by atoms with Crippen molar-refractivity contribution in [2.75, 3.05) is 13.1 Å². The fraction of sp³-hybridized carbons (Fsp3) is 0.650. The predicted octanol–water partition coefficient (Wildman–Crippen LogP) is 5.49. The van der Waals surface area contributed by atoms with Crippen LogP contribution < -0.4 is 0 Å². The number of rotatable bonds is 5. The summed E-state index contributed by atoms with van der Waals surface area (Å²) in [6.07, 6.45) is 6.27. The monoisotopic (exact) mass is 367 g/mol. The molecule has 1 heterocycles. The number of ketones is 1. The summed E-state index contributed by atoms with van der Waals surface area (Å²) in [5.74, 6) is 1.14. The van der Waals surface area contributed by atoms with Crippen LogP contribution >= 0.6 is 23.2 Å². The van der Waals surface area contributed by atoms with E-state index in [9.17, 15) is 4.79 Å². The van der Waals surface area contributed by atoms with E-state index in [0.29, 0.717) is 22.2 Å². The molecule has 3 rings (SSSR count). The molecular weight excluding hydrogens is 341 g/mol. The number of hydrogen-bond donors (Lipinski definition) is 0. The molecule has 1 aromatic rings. The van der Waals surface area contributed by atoms with Crippen molar-refractivity contribution in [2.45, 2.75) is 63.8 Å². The van der Waals surface area contributed by atoms with Crippen molar-refractivity contribution >= 4 is 29.0 Å². The number of carbonyl (C=O) groups is 1. The minimum absolute atomic E-state index is 0.0130. The van der Waals surface area contributed by atoms with Gasteiger partial charge in [-0.15, -0.1) is 0 Å². The van der Waals surface area contributed by atoms with Gasteiger partial charge < -0.3 is 0 Å². The average Bonchev–Trinajstić information content (AvgIpc) is 2.54. The molecule has 1 atom stereocenters. The van der Waals surface area contributed by atoms with Crippen LogP contribution in [0.5, 0.6) is 0 Å². The quantitative estimate of drug-likeness (QED) is 0.685. The Morgan fingerprint density at radius 3 is 2.42 bits per heavy atom. The molecule has 24 heavy (non-hydrogen) atoms. The van der Waals surface area contributed by atoms with E-state index in [4.69, 9.17) is 23.2 Å². The van der Waals surface area contributed by atoms with Crippen molar-refractivity contribution in [3.05, 3.63) is 33.8 Å². The van der Waals surface area contributed by atoms with Crippen LogP contribution in [0.25, 0.3) is 0 Å². The van der Waals surface area contributed by atoms with E-state index < -0.39 is 0 Å². The minimum atomic E-state index is -0.0814. The second-order valence-electron chi connectivity index (χ2n) is 7.58. The van der Waals surface area contributed by atoms with Gasteiger partial charge in [-0.3, -0.25) is 9.69 Å². The lowest BCUT2D eigenvalue weighted by Gasteiger charge is -2.52. The first-order chi connectivity index (χ1) is 11.5. The first-order valence-corrected chi connectivity index (χ1v) is 9.96. The van der Waals surface area contributed by atoms with Gasteiger partial charge in [0.2, 0.25) is 0 Å². The van der Waals surface area contributed by atoms with Crippen molar-refractivity contribution < 1.29 is 4.79 Å². The van der Waals surface area contributed by atoms with Gasteiger partial charge in [-0.2, -0.15) is 0 Å². The van der Waals surface area contributed by atoms with Crippen LogP contribution in [0, 0.1) is 5.92 Å². The van der Waals surface area contributed by atoms with Crippen molar-refractivity contribution in [1.82, 2.24) is 4.90 Å². The first kappa shape index (κ1) is 18.2. The SMILES string of the molecule is CCC(=O)C(N1CCC(C)CC1)C1(c2ccc(Cl)c(Cl)c2)CCC1. The van der Waals surface area contributed by atoms with Gasteiger partial charge in [0, 0.05) is 11.8 Å². The predicted molar refractivity (Wildman–Crippen MR) is 101 cm³/mol. The Hall–Kier alpha value is -0.570. The first-order valence-electron chi connectivity index (χ1n) is 9.20. The van der Waals surface area contributed by atoms with Crippen LogP contribution in [-0.4, -0.2) is 29.8 Å². The molecule has 1 saturated heterocycles. The van der Waals surface area contributed by atoms with Gasteiger partial charge in [0.1, 0.15) is 0 Å². The van der Waals surface area contributed by atoms with Crippen molar-refractivity contribution in [3.63, 3.8) is 0 Å². The molecule has 132 valence electrons. The molecule has 1 aliphatic carbocycles. The number of hydrogen-bond acceptors (Lipinski definition) is 2. The molecular formula is C20H27Cl2NO. The molecule has 0 radical (unpaired) electrons. The van der Waals surface area contributed by atoms with Gasteiger partial charge in [-0.1, -0.05) is 49.5 Å². The zero-order chi connectivity index (χ0) is 17.3. The third-order valence-corrected chi connectivity index (χ3v) is 6.84. The molecule has 1 saturated carbocycles. The lowest BCUT2D eigenvalue weighted by Crippen LogP contribution is -2.59. The van der Waals surface area contributed by atoms with Crippen LogP contribution in [-0.2, 0) is 10.2 Å². The highest BCUT2D eigenvalue weighted by Gasteiger charge is 2.50. The van der Waals surface area contributed by atoms with E-state index in [1.165, 1.54) is 24.8 Å². The summed E-state index contributed by atoms with van der Waals surface area (Å²) >= 11 is 12.4. The highest BCUT2D eigenvalue weighted by atomic mass is 35.5. The second-order valence-corrected chi connectivity index (χ2v) is 8.39. The molecule has 1 aromatic carbocycles. The smallest absolute Gasteiger partial charge is 0.150 e. The Balaban J connectivity index is 1.97. The largest absolute Gasteiger partial charge is 0.298 e. The highest BCUT2D eigenvalue weighted by Crippen LogP contribution is 2.50. The number of nitrogens with zero attached hydrogens (tertiary/aromatic N) is 1. The zero-order valence-electron chi connectivity index (χ0n) is 14.7. The topological polar surface area (TPSA) is 20.3 Å². The van der Waals surface area contributed by atoms with E-state index in [-0.39, 0.29) is 11.5 Å². The van der Waals surface area contributed by atoms with Crippen LogP contribution in [0.1, 0.15) is 57.9 Å². The number of Topliss-reactive ketones (excluding diaryl/α,β-unsaturated/α-hetero) is 1. The van der Waals surface area contributed by atoms with E-state index in [2.05, 4.69) is 17.9 Å². The van der Waals surface area contributed by atoms with E-state index in [1.54, 1.807) is 0 Å². The molecule has 2 fully saturated rings. The molecule has 0 bridgehead atoms. The van der Waals surface area contributed by atoms with Gasteiger partial charge in [0.15, 0.2) is 5.78 Å². The Morgan fingerprint density at radius 2 is 1.92 bits per heavy atom. The number of piperidine rings is 1. The van der Waals surface area contributed by atoms with Gasteiger partial charge in [-0.05, 0) is 62.4 Å². The molecule has 2 nitrogen and oxygen atoms in total. The Bertz CT molecular complexity index is 604. The lowest BCUT2D eigenvalue weighted by molar-refractivity contribution is -0.129. The molecule has 2 aliphatic rings. The summed E-state index contributed by atoms with van der Waals surface area (Å²) < 4.78 is 0. The summed E-state index contributed by atoms with van der Waals surface area (Å²) in [6.45, 7) is 6.36. The average molecular weight is 368 g/mol. The van der Waals surface area contributed by atoms with E-state index in [1.807, 2.05) is 19.1 Å². The molecule has 0 N–H and O–H groups in total. The molecule has 1 aliphatic heterocycles. The summed E-state index contributed by atoms with van der Waals surface area (Å²) in [7, 11) is 0. The standard InChI is InChI=1S/C20H27Cl2NO/c1-3-18(24)19(23-11-7-14(2)8-12-23)20(9-4-10-20)15-5-6-16(21)17(22)13-15/h5-6,13-14,19H,3-4,7-12H2,1-2H3. The second kappa shape index (κ2) is 7.35. The van der Waals surface area contributed by atoms with Gasteiger partial charge in [-0.25, -0.2) is 0 Å². The van der Waals surface area contributed by atoms with Gasteiger partial charge in [0.25, 0.3) is 0 Å². The van der Waals surface area contributed by atoms with Crippen molar-refractivity contribution in [3.8, 4) is 0 Å². The van der Waals surface area contributed by atoms with Crippen LogP contribution in [0.2, 0.25) is 10.0 Å². The third-order valence-electron chi connectivity index (χ3n) is 6.10. The summed E-state index contributed by atoms with van der Waals surface area (Å²) in [5.41, 5.74) is 1.11. The van der Waals surface area contributed by atoms with E-state index in [0.717, 1.165) is 31.8 Å². The van der Waals surface area contributed by atoms with Crippen molar-refractivity contribution in [1.29, 1.82) is 0 Å². The number of likely N-dealkylation sites (tertiary alicyclic amines) is 1. The van der Waals surface area contributed by atoms with Crippen molar-refractivity contribution in [2.24, 2.45) is 5.92 Å². The summed E-state index contributed by atoms with van der Waals surface area (Å²) in [4.78, 5) is 15.4. The Kier molecular flexibility index (Phi) is 5.58. The zero-order valence-corrected chi connectivity index (χ0v) is 16.2. The minimum Gasteiger partial charge on any atom is -0.298 e. The van der Waals surface area contributed by atoms with Gasteiger partial charge >= 0.3 is 0 Å². The number of benzene rings is 1. The molecule has 0 amide bonds. The normalized spacial score (nSPS) is 22.8. The molecule has 4 heteroatoms. The molecule has 1 unspecified atom stereocenters. The Morgan fingerprint density at radius 1 is 1.25 bits per heavy atom. The van der Waals surface area contributed by atoms with Crippen LogP contribution in [0.3, 0.4) is 0 Å². The Labute approximate surface area is 155 Å². The summed E-state index contributed by atoms with van der Waals surface area (Å²) in [5, 5.41) is 1.18. The molecule has 0 spiro atoms. The van der Waals surface area contributed by atoms with Crippen LogP contribution in [0.15, 0.2) is 18.2 Å². The fourth-order valence-electron chi connectivity index (χ4n) is 4.42.